The van der Waals surface area contributed by atoms with Crippen LogP contribution in [0.1, 0.15) is 42.2 Å². The largest absolute Gasteiger partial charge is 0.508 e. The van der Waals surface area contributed by atoms with Gasteiger partial charge in [0.2, 0.25) is 5.91 Å². The lowest BCUT2D eigenvalue weighted by atomic mass is 9.51. The summed E-state index contributed by atoms with van der Waals surface area (Å²) in [6.07, 6.45) is 8.44. The molecule has 1 spiro atoms. The summed E-state index contributed by atoms with van der Waals surface area (Å²) in [6.45, 7) is 6.99. The first-order chi connectivity index (χ1) is 18.2. The van der Waals surface area contributed by atoms with Crippen molar-refractivity contribution in [2.45, 2.75) is 56.2 Å². The van der Waals surface area contributed by atoms with Gasteiger partial charge in [-0.2, -0.15) is 0 Å². The Bertz CT molecular complexity index is 1350. The molecule has 1 saturated heterocycles. The molecule has 1 amide bonds. The van der Waals surface area contributed by atoms with Crippen molar-refractivity contribution < 1.29 is 24.2 Å². The fraction of sp³-hybridized carbons (Fsp3) is 0.448. The van der Waals surface area contributed by atoms with Gasteiger partial charge in [-0.15, -0.1) is 17.9 Å². The maximum Gasteiger partial charge on any atom is 0.308 e. The summed E-state index contributed by atoms with van der Waals surface area (Å²) in [5.41, 5.74) is 1.51. The molecule has 1 aromatic carbocycles. The Morgan fingerprint density at radius 2 is 2.21 bits per heavy atom. The number of hydrogen-bond acceptors (Lipinski definition) is 7. The van der Waals surface area contributed by atoms with Gasteiger partial charge in [0.15, 0.2) is 11.5 Å². The number of ether oxygens (including phenoxy) is 2. The quantitative estimate of drug-likeness (QED) is 0.220. The van der Waals surface area contributed by atoms with Crippen molar-refractivity contribution >= 4 is 45.2 Å². The molecule has 2 aliphatic carbocycles. The smallest absolute Gasteiger partial charge is 0.308 e. The molecular weight excluding hydrogens is 568 g/mol. The number of nitrogens with zero attached hydrogens (tertiary/aromatic N) is 2. The van der Waals surface area contributed by atoms with Gasteiger partial charge in [0.25, 0.3) is 0 Å². The molecule has 0 unspecified atom stereocenters. The molecule has 4 aliphatic rings. The molecule has 2 aliphatic heterocycles. The van der Waals surface area contributed by atoms with E-state index in [1.165, 1.54) is 13.0 Å². The Morgan fingerprint density at radius 1 is 1.39 bits per heavy atom. The summed E-state index contributed by atoms with van der Waals surface area (Å²) in [7, 11) is 1.85. The molecule has 3 heterocycles. The molecule has 2 aromatic rings. The summed E-state index contributed by atoms with van der Waals surface area (Å²) in [4.78, 5) is 30.6. The fourth-order valence-electron chi connectivity index (χ4n) is 7.52. The summed E-state index contributed by atoms with van der Waals surface area (Å²) in [5, 5.41) is 13.1. The number of aromatic hydroxyl groups is 1. The van der Waals surface area contributed by atoms with Gasteiger partial charge < -0.3 is 19.5 Å². The van der Waals surface area contributed by atoms with Crippen LogP contribution in [0.4, 0.5) is 0 Å². The van der Waals surface area contributed by atoms with Crippen molar-refractivity contribution in [3.8, 4) is 17.2 Å². The summed E-state index contributed by atoms with van der Waals surface area (Å²) in [5.74, 6) is 0.736. The maximum atomic E-state index is 13.4. The molecule has 0 radical (unpaired) electrons. The zero-order chi connectivity index (χ0) is 26.8. The monoisotopic (exact) mass is 598 g/mol. The van der Waals surface area contributed by atoms with E-state index in [0.29, 0.717) is 18.1 Å². The molecule has 2 bridgehead atoms. The third-order valence-electron chi connectivity index (χ3n) is 8.93. The summed E-state index contributed by atoms with van der Waals surface area (Å²) < 4.78 is 13.3. The van der Waals surface area contributed by atoms with Crippen molar-refractivity contribution in [3.63, 3.8) is 0 Å². The highest BCUT2D eigenvalue weighted by atomic mass is 79.9. The number of hydrogen-bond donors (Lipinski definition) is 1. The Labute approximate surface area is 234 Å². The predicted octanol–water partition coefficient (Wildman–Crippen LogP) is 4.91. The number of amides is 1. The number of carbonyl (C=O) groups excluding carboxylic acids is 2. The zero-order valence-electron chi connectivity index (χ0n) is 21.5. The van der Waals surface area contributed by atoms with Gasteiger partial charge in [0.1, 0.15) is 11.9 Å². The highest BCUT2D eigenvalue weighted by Crippen LogP contribution is 2.65. The number of likely N-dealkylation sites (N-methyl/N-ethyl adjacent to an activating group) is 1. The van der Waals surface area contributed by atoms with Gasteiger partial charge in [-0.1, -0.05) is 6.08 Å². The van der Waals surface area contributed by atoms with E-state index in [0.717, 1.165) is 52.8 Å². The third-order valence-corrected chi connectivity index (χ3v) is 10.6. The van der Waals surface area contributed by atoms with Crippen LogP contribution in [0.15, 0.2) is 40.7 Å². The van der Waals surface area contributed by atoms with Gasteiger partial charge in [-0.3, -0.25) is 14.5 Å². The van der Waals surface area contributed by atoms with Crippen LogP contribution in [0.25, 0.3) is 6.08 Å². The van der Waals surface area contributed by atoms with Crippen LogP contribution in [0.5, 0.6) is 17.2 Å². The molecule has 5 atom stereocenters. The fourth-order valence-corrected chi connectivity index (χ4v) is 8.86. The molecule has 9 heteroatoms. The van der Waals surface area contributed by atoms with Gasteiger partial charge in [-0.05, 0) is 66.2 Å². The second kappa shape index (κ2) is 9.54. The first kappa shape index (κ1) is 25.6. The van der Waals surface area contributed by atoms with E-state index in [1.807, 2.05) is 35.5 Å². The highest BCUT2D eigenvalue weighted by Gasteiger charge is 2.67. The number of piperidine rings is 1. The summed E-state index contributed by atoms with van der Waals surface area (Å²) >= 11 is 5.04. The van der Waals surface area contributed by atoms with Gasteiger partial charge in [0.05, 0.1) is 6.04 Å². The van der Waals surface area contributed by atoms with E-state index in [2.05, 4.69) is 27.4 Å². The number of benzene rings is 1. The number of thiophene rings is 1. The molecule has 38 heavy (non-hydrogen) atoms. The van der Waals surface area contributed by atoms with Crippen molar-refractivity contribution in [3.05, 3.63) is 56.7 Å². The van der Waals surface area contributed by atoms with E-state index >= 15 is 0 Å². The van der Waals surface area contributed by atoms with Gasteiger partial charge in [0, 0.05) is 70.0 Å². The van der Waals surface area contributed by atoms with E-state index in [1.54, 1.807) is 17.4 Å². The number of esters is 1. The average molecular weight is 600 g/mol. The first-order valence-electron chi connectivity index (χ1n) is 13.0. The minimum Gasteiger partial charge on any atom is -0.508 e. The number of phenolic OH excluding ortho intramolecular Hbond substituents is 1. The molecule has 1 N–H and O–H groups in total. The van der Waals surface area contributed by atoms with Gasteiger partial charge >= 0.3 is 5.97 Å². The SMILES string of the molecule is C=CCN1CC[C@]23c4c5c(O)cc(OC(C)=O)c4O[C@H]2[C@H](N(C)C(=O)/C=C/c2cc(Br)cs2)CC[C@H]3[C@H]1C5. The van der Waals surface area contributed by atoms with E-state index in [9.17, 15) is 14.7 Å². The molecule has 7 nitrogen and oxygen atoms in total. The molecular formula is C29H31BrN2O5S. The maximum absolute atomic E-state index is 13.4. The lowest BCUT2D eigenvalue weighted by Gasteiger charge is -2.60. The Balaban J connectivity index is 1.41. The normalized spacial score (nSPS) is 29.0. The minimum absolute atomic E-state index is 0.0753. The molecule has 2 fully saturated rings. The number of carbonyl (C=O) groups is 2. The predicted molar refractivity (Wildman–Crippen MR) is 150 cm³/mol. The molecule has 1 saturated carbocycles. The van der Waals surface area contributed by atoms with E-state index < -0.39 is 5.97 Å². The molecule has 200 valence electrons. The lowest BCUT2D eigenvalue weighted by molar-refractivity contribution is -0.135. The first-order valence-corrected chi connectivity index (χ1v) is 14.7. The standard InChI is InChI=1S/C29H31BrN2O5S/c1-4-10-32-11-9-29-20-6-7-21(31(3)25(35)8-5-18-12-17(30)15-38-18)28(29)37-27-24(36-16(2)33)14-23(34)19(26(27)29)13-22(20)32/h4-5,8,12,14-15,20-22,28,34H,1,6-7,9-11,13H2,2-3H3/b8-5+/t20-,21+,22+,28-,29-/m0/s1. The third kappa shape index (κ3) is 3.85. The van der Waals surface area contributed by atoms with Crippen molar-refractivity contribution in [1.29, 1.82) is 0 Å². The topological polar surface area (TPSA) is 79.3 Å². The Kier molecular flexibility index (Phi) is 6.44. The van der Waals surface area contributed by atoms with Crippen LogP contribution in [-0.4, -0.2) is 65.1 Å². The van der Waals surface area contributed by atoms with E-state index in [4.69, 9.17) is 9.47 Å². The zero-order valence-corrected chi connectivity index (χ0v) is 23.9. The average Bonchev–Trinajstić information content (AvgIpc) is 3.45. The van der Waals surface area contributed by atoms with Gasteiger partial charge in [-0.25, -0.2) is 0 Å². The molecule has 1 aromatic heterocycles. The second-order valence-corrected chi connectivity index (χ2v) is 12.6. The van der Waals surface area contributed by atoms with Crippen molar-refractivity contribution in [2.75, 3.05) is 20.1 Å². The Hall–Kier alpha value is -2.62. The Morgan fingerprint density at radius 3 is 2.92 bits per heavy atom. The van der Waals surface area contributed by atoms with Crippen molar-refractivity contribution in [2.24, 2.45) is 5.92 Å². The number of halogens is 1. The highest BCUT2D eigenvalue weighted by molar-refractivity contribution is 9.10. The van der Waals surface area contributed by atoms with Crippen LogP contribution in [-0.2, 0) is 21.4 Å². The van der Waals surface area contributed by atoms with Crippen LogP contribution < -0.4 is 9.47 Å². The van der Waals surface area contributed by atoms with E-state index in [-0.39, 0.29) is 41.0 Å². The number of phenols is 1. The second-order valence-electron chi connectivity index (χ2n) is 10.8. The van der Waals surface area contributed by atoms with Crippen LogP contribution in [0.3, 0.4) is 0 Å². The lowest BCUT2D eigenvalue weighted by Crippen LogP contribution is -2.68. The number of likely N-dealkylation sites (tertiary alicyclic amines) is 1. The minimum atomic E-state index is -0.461. The number of rotatable bonds is 6. The van der Waals surface area contributed by atoms with Crippen LogP contribution in [0.2, 0.25) is 0 Å². The van der Waals surface area contributed by atoms with Crippen LogP contribution >= 0.6 is 27.3 Å². The van der Waals surface area contributed by atoms with Crippen LogP contribution in [0, 0.1) is 5.92 Å². The molecule has 6 rings (SSSR count). The van der Waals surface area contributed by atoms with Crippen molar-refractivity contribution in [1.82, 2.24) is 9.80 Å². The summed E-state index contributed by atoms with van der Waals surface area (Å²) in [6, 6.07) is 3.59.